The molecule has 1 saturated carbocycles. The van der Waals surface area contributed by atoms with E-state index >= 15 is 0 Å². The molecule has 0 amide bonds. The quantitative estimate of drug-likeness (QED) is 0.270. The molecule has 0 unspecified atom stereocenters. The number of oxazole rings is 1. The molecule has 0 aliphatic heterocycles. The van der Waals surface area contributed by atoms with Crippen LogP contribution in [0.1, 0.15) is 57.7 Å². The van der Waals surface area contributed by atoms with Crippen molar-refractivity contribution in [2.75, 3.05) is 11.9 Å². The molecule has 1 aromatic carbocycles. The lowest BCUT2D eigenvalue weighted by Crippen LogP contribution is -2.38. The lowest BCUT2D eigenvalue weighted by atomic mass is 9.80. The molecule has 1 aliphatic rings. The summed E-state index contributed by atoms with van der Waals surface area (Å²) in [5.74, 6) is -0.315. The second-order valence-electron chi connectivity index (χ2n) is 11.5. The number of rotatable bonds is 5. The van der Waals surface area contributed by atoms with Crippen LogP contribution in [0.4, 0.5) is 5.69 Å². The third-order valence-corrected chi connectivity index (χ3v) is 7.69. The SMILES string of the molecule is Cn1c(=O)cc(N(C)[C@H]2CC[C@@H](/C(=N/OC(C)(C)C)c3cccc4oc(=O)n(C)c34)CC2)c2nc(C#N)ccc21. The standard InChI is InChI=1S/C30H34N6O4/c1-30(2,3)40-33-26(21-8-7-9-24-28(21)36(6)29(38)39-24)18-10-13-20(14-11-18)34(4)23-16-25(37)35(5)22-15-12-19(17-31)32-27(22)23/h7-9,12,15-16,18,20H,10-11,13-14H2,1-6H3/b33-26-/t18-,20+. The molecule has 0 bridgehead atoms. The summed E-state index contributed by atoms with van der Waals surface area (Å²) in [4.78, 5) is 37.7. The van der Waals surface area contributed by atoms with Gasteiger partial charge in [0.15, 0.2) is 5.58 Å². The van der Waals surface area contributed by atoms with Gasteiger partial charge in [0, 0.05) is 44.7 Å². The molecule has 5 rings (SSSR count). The molecule has 0 atom stereocenters. The number of pyridine rings is 2. The first kappa shape index (κ1) is 27.2. The summed E-state index contributed by atoms with van der Waals surface area (Å²) >= 11 is 0. The molecule has 40 heavy (non-hydrogen) atoms. The third-order valence-electron chi connectivity index (χ3n) is 7.69. The van der Waals surface area contributed by atoms with Crippen molar-refractivity contribution in [3.8, 4) is 6.07 Å². The second-order valence-corrected chi connectivity index (χ2v) is 11.5. The van der Waals surface area contributed by atoms with Gasteiger partial charge in [-0.25, -0.2) is 9.78 Å². The third kappa shape index (κ3) is 4.99. The number of aryl methyl sites for hydroxylation is 2. The van der Waals surface area contributed by atoms with E-state index in [4.69, 9.17) is 9.25 Å². The first-order valence-electron chi connectivity index (χ1n) is 13.5. The van der Waals surface area contributed by atoms with E-state index in [0.717, 1.165) is 42.6 Å². The molecule has 10 heteroatoms. The van der Waals surface area contributed by atoms with Crippen molar-refractivity contribution in [2.45, 2.75) is 58.1 Å². The highest BCUT2D eigenvalue weighted by molar-refractivity contribution is 6.10. The number of anilines is 1. The fourth-order valence-corrected chi connectivity index (χ4v) is 5.52. The van der Waals surface area contributed by atoms with Crippen molar-refractivity contribution in [2.24, 2.45) is 25.2 Å². The summed E-state index contributed by atoms with van der Waals surface area (Å²) in [5.41, 5.74) is 4.62. The maximum absolute atomic E-state index is 12.8. The number of aromatic nitrogens is 3. The van der Waals surface area contributed by atoms with Crippen LogP contribution in [-0.4, -0.2) is 38.5 Å². The zero-order valence-electron chi connectivity index (χ0n) is 23.8. The minimum Gasteiger partial charge on any atom is -0.408 e. The molecule has 0 radical (unpaired) electrons. The number of nitrogens with zero attached hydrogens (tertiary/aromatic N) is 6. The van der Waals surface area contributed by atoms with Gasteiger partial charge in [0.25, 0.3) is 5.56 Å². The monoisotopic (exact) mass is 542 g/mol. The molecule has 4 aromatic rings. The normalized spacial score (nSPS) is 18.2. The topological polar surface area (TPSA) is 119 Å². The summed E-state index contributed by atoms with van der Waals surface area (Å²) < 4.78 is 8.51. The average Bonchev–Trinajstić information content (AvgIpc) is 3.23. The van der Waals surface area contributed by atoms with Crippen LogP contribution in [0.15, 0.2) is 55.6 Å². The fourth-order valence-electron chi connectivity index (χ4n) is 5.52. The van der Waals surface area contributed by atoms with Crippen LogP contribution in [0.5, 0.6) is 0 Å². The van der Waals surface area contributed by atoms with Crippen LogP contribution < -0.4 is 16.2 Å². The Kier molecular flexibility index (Phi) is 7.00. The molecule has 0 N–H and O–H groups in total. The number of nitriles is 1. The summed E-state index contributed by atoms with van der Waals surface area (Å²) in [6.07, 6.45) is 3.38. The van der Waals surface area contributed by atoms with Crippen LogP contribution in [0, 0.1) is 17.2 Å². The van der Waals surface area contributed by atoms with Gasteiger partial charge in [0.05, 0.1) is 22.4 Å². The Labute approximate surface area is 232 Å². The minimum absolute atomic E-state index is 0.103. The minimum atomic E-state index is -0.478. The van der Waals surface area contributed by atoms with Gasteiger partial charge in [-0.3, -0.25) is 9.36 Å². The van der Waals surface area contributed by atoms with Crippen LogP contribution in [-0.2, 0) is 18.9 Å². The van der Waals surface area contributed by atoms with E-state index in [-0.39, 0.29) is 17.5 Å². The fraction of sp³-hybridized carbons (Fsp3) is 0.433. The van der Waals surface area contributed by atoms with E-state index in [1.165, 1.54) is 4.57 Å². The van der Waals surface area contributed by atoms with Gasteiger partial charge in [-0.2, -0.15) is 5.26 Å². The molecule has 3 aromatic heterocycles. The van der Waals surface area contributed by atoms with Gasteiger partial charge in [-0.1, -0.05) is 17.3 Å². The summed E-state index contributed by atoms with van der Waals surface area (Å²) in [5, 5.41) is 14.1. The maximum Gasteiger partial charge on any atom is 0.419 e. The van der Waals surface area contributed by atoms with E-state index in [1.807, 2.05) is 40.0 Å². The van der Waals surface area contributed by atoms with Gasteiger partial charge in [-0.15, -0.1) is 0 Å². The Hall–Kier alpha value is -4.39. The highest BCUT2D eigenvalue weighted by atomic mass is 16.6. The lowest BCUT2D eigenvalue weighted by molar-refractivity contribution is -0.0000179. The number of oxime groups is 1. The zero-order valence-corrected chi connectivity index (χ0v) is 23.8. The summed E-state index contributed by atoms with van der Waals surface area (Å²) in [6.45, 7) is 5.86. The number of hydrogen-bond donors (Lipinski definition) is 0. The molecule has 1 aliphatic carbocycles. The van der Waals surface area contributed by atoms with Gasteiger partial charge >= 0.3 is 5.76 Å². The van der Waals surface area contributed by atoms with Crippen molar-refractivity contribution in [3.63, 3.8) is 0 Å². The van der Waals surface area contributed by atoms with Crippen LogP contribution in [0.2, 0.25) is 0 Å². The number of fused-ring (bicyclic) bond motifs is 2. The number of hydrogen-bond acceptors (Lipinski definition) is 8. The Bertz CT molecular complexity index is 1770. The largest absolute Gasteiger partial charge is 0.419 e. The predicted molar refractivity (Wildman–Crippen MR) is 155 cm³/mol. The Morgan fingerprint density at radius 1 is 1.12 bits per heavy atom. The van der Waals surface area contributed by atoms with E-state index in [9.17, 15) is 14.9 Å². The molecule has 1 fully saturated rings. The number of benzene rings is 1. The van der Waals surface area contributed by atoms with Crippen molar-refractivity contribution in [1.82, 2.24) is 14.1 Å². The maximum atomic E-state index is 12.8. The highest BCUT2D eigenvalue weighted by Gasteiger charge is 2.31. The van der Waals surface area contributed by atoms with Crippen LogP contribution >= 0.6 is 0 Å². The average molecular weight is 543 g/mol. The smallest absolute Gasteiger partial charge is 0.408 e. The molecular weight excluding hydrogens is 508 g/mol. The Morgan fingerprint density at radius 2 is 1.85 bits per heavy atom. The molecular formula is C30H34N6O4. The van der Waals surface area contributed by atoms with E-state index in [2.05, 4.69) is 21.1 Å². The van der Waals surface area contributed by atoms with Crippen molar-refractivity contribution in [3.05, 3.63) is 68.6 Å². The van der Waals surface area contributed by atoms with Gasteiger partial charge in [0.2, 0.25) is 0 Å². The Morgan fingerprint density at radius 3 is 2.52 bits per heavy atom. The van der Waals surface area contributed by atoms with Crippen molar-refractivity contribution in [1.29, 1.82) is 5.26 Å². The molecule has 0 saturated heterocycles. The van der Waals surface area contributed by atoms with E-state index in [0.29, 0.717) is 27.8 Å². The molecule has 0 spiro atoms. The first-order chi connectivity index (χ1) is 19.0. The van der Waals surface area contributed by atoms with Gasteiger partial charge < -0.3 is 18.7 Å². The van der Waals surface area contributed by atoms with Crippen molar-refractivity contribution >= 4 is 33.5 Å². The highest BCUT2D eigenvalue weighted by Crippen LogP contribution is 2.35. The molecule has 3 heterocycles. The predicted octanol–water partition coefficient (Wildman–Crippen LogP) is 4.46. The summed E-state index contributed by atoms with van der Waals surface area (Å²) in [7, 11) is 5.40. The molecule has 10 nitrogen and oxygen atoms in total. The second kappa shape index (κ2) is 10.3. The van der Waals surface area contributed by atoms with Gasteiger partial charge in [-0.05, 0) is 64.7 Å². The van der Waals surface area contributed by atoms with Crippen LogP contribution in [0.25, 0.3) is 22.1 Å². The summed E-state index contributed by atoms with van der Waals surface area (Å²) in [6, 6.07) is 12.9. The number of para-hydroxylation sites is 1. The van der Waals surface area contributed by atoms with Gasteiger partial charge in [0.1, 0.15) is 22.9 Å². The van der Waals surface area contributed by atoms with Crippen molar-refractivity contribution < 1.29 is 9.25 Å². The molecule has 208 valence electrons. The van der Waals surface area contributed by atoms with E-state index < -0.39 is 11.4 Å². The zero-order chi connectivity index (χ0) is 28.8. The van der Waals surface area contributed by atoms with Crippen LogP contribution in [0.3, 0.4) is 0 Å². The lowest BCUT2D eigenvalue weighted by Gasteiger charge is -2.36. The first-order valence-corrected chi connectivity index (χ1v) is 13.5. The Balaban J connectivity index is 1.46. The van der Waals surface area contributed by atoms with E-state index in [1.54, 1.807) is 42.9 Å².